The lowest BCUT2D eigenvalue weighted by molar-refractivity contribution is -0.161. The van der Waals surface area contributed by atoms with Crippen LogP contribution in [0.5, 0.6) is 0 Å². The molecule has 3 N–H and O–H groups in total. The van der Waals surface area contributed by atoms with Crippen LogP contribution in [-0.4, -0.2) is 96.7 Å². The Balaban J connectivity index is 5.21. The number of hydrogen-bond acceptors (Lipinski definition) is 15. The van der Waals surface area contributed by atoms with E-state index < -0.39 is 97.5 Å². The number of carbonyl (C=O) groups is 4. The third-order valence-electron chi connectivity index (χ3n) is 18.5. The summed E-state index contributed by atoms with van der Waals surface area (Å²) in [4.78, 5) is 72.8. The normalized spacial score (nSPS) is 14.7. The molecule has 19 heteroatoms. The molecule has 0 radical (unpaired) electrons. The Morgan fingerprint density at radius 1 is 0.292 bits per heavy atom. The molecule has 7 atom stereocenters. The molecule has 0 fully saturated rings. The zero-order chi connectivity index (χ0) is 71.0. The summed E-state index contributed by atoms with van der Waals surface area (Å²) in [6, 6.07) is 0. The molecule has 0 saturated heterocycles. The van der Waals surface area contributed by atoms with Crippen molar-refractivity contribution >= 4 is 39.5 Å². The number of ether oxygens (including phenoxy) is 4. The van der Waals surface area contributed by atoms with Crippen LogP contribution in [0.2, 0.25) is 0 Å². The Hall–Kier alpha value is -1.94. The number of aliphatic hydroxyl groups is 1. The molecule has 0 rings (SSSR count). The van der Waals surface area contributed by atoms with Crippen LogP contribution in [0.4, 0.5) is 0 Å². The predicted molar refractivity (Wildman–Crippen MR) is 391 cm³/mol. The second kappa shape index (κ2) is 66.3. The van der Waals surface area contributed by atoms with Crippen LogP contribution in [0, 0.1) is 23.7 Å². The van der Waals surface area contributed by atoms with Crippen molar-refractivity contribution in [1.82, 2.24) is 0 Å². The molecule has 0 bridgehead atoms. The molecule has 0 saturated carbocycles. The van der Waals surface area contributed by atoms with E-state index in [0.717, 1.165) is 126 Å². The lowest BCUT2D eigenvalue weighted by Gasteiger charge is -2.21. The molecule has 0 heterocycles. The van der Waals surface area contributed by atoms with Crippen molar-refractivity contribution < 1.29 is 80.2 Å². The van der Waals surface area contributed by atoms with E-state index in [1.54, 1.807) is 0 Å². The monoisotopic (exact) mass is 1410 g/mol. The van der Waals surface area contributed by atoms with Gasteiger partial charge in [0.05, 0.1) is 26.4 Å². The van der Waals surface area contributed by atoms with Gasteiger partial charge in [-0.3, -0.25) is 37.3 Å². The minimum atomic E-state index is -4.96. The number of phosphoric ester groups is 2. The smallest absolute Gasteiger partial charge is 0.462 e. The predicted octanol–water partition coefficient (Wildman–Crippen LogP) is 22.4. The van der Waals surface area contributed by atoms with Crippen molar-refractivity contribution in [3.05, 3.63) is 0 Å². The molecular weight excluding hydrogens is 1260 g/mol. The largest absolute Gasteiger partial charge is 0.472 e. The minimum absolute atomic E-state index is 0.106. The summed E-state index contributed by atoms with van der Waals surface area (Å²) in [6.45, 7) is 14.2. The van der Waals surface area contributed by atoms with Gasteiger partial charge in [0, 0.05) is 25.7 Å². The number of rotatable bonds is 74. The maximum absolute atomic E-state index is 13.1. The Bertz CT molecular complexity index is 1890. The zero-order valence-corrected chi connectivity index (χ0v) is 64.8. The van der Waals surface area contributed by atoms with Gasteiger partial charge < -0.3 is 33.8 Å². The van der Waals surface area contributed by atoms with Gasteiger partial charge in [-0.1, -0.05) is 338 Å². The van der Waals surface area contributed by atoms with Crippen LogP contribution in [0.25, 0.3) is 0 Å². The number of hydrogen-bond donors (Lipinski definition) is 3. The van der Waals surface area contributed by atoms with Gasteiger partial charge in [-0.25, -0.2) is 9.13 Å². The van der Waals surface area contributed by atoms with Crippen LogP contribution >= 0.6 is 15.6 Å². The van der Waals surface area contributed by atoms with Crippen molar-refractivity contribution in [2.24, 2.45) is 23.7 Å². The molecule has 17 nitrogen and oxygen atoms in total. The summed E-state index contributed by atoms with van der Waals surface area (Å²) in [5.41, 5.74) is 0. The van der Waals surface area contributed by atoms with E-state index in [9.17, 15) is 43.2 Å². The van der Waals surface area contributed by atoms with E-state index in [1.165, 1.54) is 180 Å². The Morgan fingerprint density at radius 2 is 0.500 bits per heavy atom. The highest BCUT2D eigenvalue weighted by molar-refractivity contribution is 7.47. The maximum atomic E-state index is 13.1. The van der Waals surface area contributed by atoms with Gasteiger partial charge in [0.15, 0.2) is 12.2 Å². The quantitative estimate of drug-likeness (QED) is 0.0222. The van der Waals surface area contributed by atoms with E-state index in [4.69, 9.17) is 37.0 Å². The second-order valence-electron chi connectivity index (χ2n) is 29.2. The zero-order valence-electron chi connectivity index (χ0n) is 63.0. The molecule has 570 valence electrons. The van der Waals surface area contributed by atoms with Crippen LogP contribution in [0.15, 0.2) is 0 Å². The third-order valence-corrected chi connectivity index (χ3v) is 20.4. The first-order chi connectivity index (χ1) is 46.2. The van der Waals surface area contributed by atoms with E-state index in [1.807, 2.05) is 0 Å². The molecule has 0 aliphatic heterocycles. The molecule has 96 heavy (non-hydrogen) atoms. The first-order valence-corrected chi connectivity index (χ1v) is 42.8. The van der Waals surface area contributed by atoms with E-state index in [2.05, 4.69) is 55.4 Å². The van der Waals surface area contributed by atoms with Crippen molar-refractivity contribution in [1.29, 1.82) is 0 Å². The first-order valence-electron chi connectivity index (χ1n) is 39.8. The number of aliphatic hydroxyl groups excluding tert-OH is 1. The summed E-state index contributed by atoms with van der Waals surface area (Å²) in [5, 5.41) is 10.6. The molecule has 0 spiro atoms. The number of phosphoric acid groups is 2. The Morgan fingerprint density at radius 3 is 0.740 bits per heavy atom. The van der Waals surface area contributed by atoms with Crippen LogP contribution < -0.4 is 0 Å². The topological polar surface area (TPSA) is 237 Å². The van der Waals surface area contributed by atoms with Gasteiger partial charge in [-0.2, -0.15) is 0 Å². The average Bonchev–Trinajstić information content (AvgIpc) is 1.54. The highest BCUT2D eigenvalue weighted by Crippen LogP contribution is 2.45. The van der Waals surface area contributed by atoms with Crippen LogP contribution in [0.1, 0.15) is 389 Å². The van der Waals surface area contributed by atoms with Gasteiger partial charge in [-0.15, -0.1) is 0 Å². The van der Waals surface area contributed by atoms with Gasteiger partial charge >= 0.3 is 39.5 Å². The standard InChI is InChI=1S/C77H150O17P2/c1-9-69(7)55-47-39-33-35-41-49-57-74(79)87-63-72(93-76(81)59-51-43-31-27-23-19-14-12-11-13-17-21-25-29-37-45-53-67(3)4)65-91-95(83,84)89-61-71(78)62-90-96(85,86)92-66-73(64-88-75(80)58-50-42-36-34-40-48-56-70(8)10-2)94-77(82)60-52-44-32-28-24-20-16-15-18-22-26-30-38-46-54-68(5)6/h67-73,78H,9-66H2,1-8H3,(H,83,84)(H,85,86)/t69?,70?,71-,72-,73-/m1/s1. The van der Waals surface area contributed by atoms with E-state index in [0.29, 0.717) is 25.7 Å². The third kappa shape index (κ3) is 67.9. The van der Waals surface area contributed by atoms with Crippen molar-refractivity contribution in [2.75, 3.05) is 39.6 Å². The second-order valence-corrected chi connectivity index (χ2v) is 32.1. The highest BCUT2D eigenvalue weighted by Gasteiger charge is 2.30. The van der Waals surface area contributed by atoms with E-state index in [-0.39, 0.29) is 25.7 Å². The molecule has 0 aromatic heterocycles. The Labute approximate surface area is 588 Å². The summed E-state index contributed by atoms with van der Waals surface area (Å²) < 4.78 is 68.5. The van der Waals surface area contributed by atoms with Gasteiger partial charge in [0.2, 0.25) is 0 Å². The van der Waals surface area contributed by atoms with Crippen molar-refractivity contribution in [3.63, 3.8) is 0 Å². The molecule has 0 aliphatic carbocycles. The van der Waals surface area contributed by atoms with Gasteiger partial charge in [-0.05, 0) is 49.4 Å². The van der Waals surface area contributed by atoms with E-state index >= 15 is 0 Å². The molecule has 0 aromatic carbocycles. The molecule has 0 aliphatic rings. The molecule has 0 aromatic rings. The summed E-state index contributed by atoms with van der Waals surface area (Å²) in [6.07, 6.45) is 51.4. The summed E-state index contributed by atoms with van der Waals surface area (Å²) in [5.74, 6) is 0.944. The number of unbranched alkanes of at least 4 members (excludes halogenated alkanes) is 38. The summed E-state index contributed by atoms with van der Waals surface area (Å²) >= 11 is 0. The fraction of sp³-hybridized carbons (Fsp3) is 0.948. The first kappa shape index (κ1) is 94.1. The highest BCUT2D eigenvalue weighted by atomic mass is 31.2. The average molecular weight is 1410 g/mol. The fourth-order valence-electron chi connectivity index (χ4n) is 11.7. The number of esters is 4. The fourth-order valence-corrected chi connectivity index (χ4v) is 13.2. The minimum Gasteiger partial charge on any atom is -0.462 e. The van der Waals surface area contributed by atoms with Crippen LogP contribution in [-0.2, 0) is 65.4 Å². The van der Waals surface area contributed by atoms with Crippen LogP contribution in [0.3, 0.4) is 0 Å². The number of carbonyl (C=O) groups excluding carboxylic acids is 4. The van der Waals surface area contributed by atoms with Gasteiger partial charge in [0.1, 0.15) is 19.3 Å². The van der Waals surface area contributed by atoms with Crippen molar-refractivity contribution in [2.45, 2.75) is 408 Å². The van der Waals surface area contributed by atoms with Gasteiger partial charge in [0.25, 0.3) is 0 Å². The lowest BCUT2D eigenvalue weighted by Crippen LogP contribution is -2.30. The summed E-state index contributed by atoms with van der Waals surface area (Å²) in [7, 11) is -9.91. The maximum Gasteiger partial charge on any atom is 0.472 e. The Kier molecular flexibility index (Phi) is 65.0. The lowest BCUT2D eigenvalue weighted by atomic mass is 10.00. The molecule has 0 amide bonds. The molecular formula is C77H150O17P2. The van der Waals surface area contributed by atoms with Crippen molar-refractivity contribution in [3.8, 4) is 0 Å². The molecule has 4 unspecified atom stereocenters. The SMILES string of the molecule is CCC(C)CCCCCCCCC(=O)OC[C@H](COP(=O)(O)OC[C@@H](O)COP(=O)(O)OC[C@@H](COC(=O)CCCCCCCCC(C)CC)OC(=O)CCCCCCCCCCCCCCCCC(C)C)OC(=O)CCCCCCCCCCCCCCCCCCC(C)C.